The summed E-state index contributed by atoms with van der Waals surface area (Å²) in [7, 11) is 0. The standard InChI is InChI=1S/C20H17F17O/c1-3-5-10-6-4-7-11(8-10)12(2,38)9-13(21,22)14(23,24)15(25,26)16(27,28)17(29,30)18(31,32)19(33,34)20(35,36)37/h4,6-8,38H,3,5,9H2,1-2H3. The van der Waals surface area contributed by atoms with E-state index in [0.29, 0.717) is 6.42 Å². The number of rotatable bonds is 11. The van der Waals surface area contributed by atoms with Gasteiger partial charge in [-0.3, -0.25) is 0 Å². The Bertz CT molecular complexity index is 978. The lowest BCUT2D eigenvalue weighted by Gasteiger charge is -2.43. The van der Waals surface area contributed by atoms with Crippen LogP contribution in [-0.2, 0) is 12.0 Å². The minimum absolute atomic E-state index is 0.201. The van der Waals surface area contributed by atoms with Crippen molar-refractivity contribution in [3.63, 3.8) is 0 Å². The van der Waals surface area contributed by atoms with Crippen LogP contribution < -0.4 is 0 Å². The van der Waals surface area contributed by atoms with E-state index in [4.69, 9.17) is 0 Å². The van der Waals surface area contributed by atoms with Crippen LogP contribution in [0.4, 0.5) is 74.6 Å². The van der Waals surface area contributed by atoms with E-state index in [9.17, 15) is 79.7 Å². The molecule has 0 fully saturated rings. The van der Waals surface area contributed by atoms with Gasteiger partial charge in [-0.15, -0.1) is 0 Å². The highest BCUT2D eigenvalue weighted by Gasteiger charge is 2.95. The van der Waals surface area contributed by atoms with Crippen molar-refractivity contribution in [3.05, 3.63) is 35.4 Å². The average molecular weight is 596 g/mol. The maximum absolute atomic E-state index is 14.3. The monoisotopic (exact) mass is 596 g/mol. The Morgan fingerprint density at radius 1 is 0.605 bits per heavy atom. The molecule has 0 radical (unpaired) electrons. The quantitative estimate of drug-likeness (QED) is 0.255. The highest BCUT2D eigenvalue weighted by Crippen LogP contribution is 2.64. The van der Waals surface area contributed by atoms with E-state index < -0.39 is 65.2 Å². The summed E-state index contributed by atoms with van der Waals surface area (Å²) in [5, 5.41) is 10.2. The summed E-state index contributed by atoms with van der Waals surface area (Å²) in [6.07, 6.45) is -10.1. The SMILES string of the molecule is CCCc1cccc(C(C)(O)CC(F)(F)C(F)(F)C(F)(F)C(F)(F)C(F)(F)C(F)(F)C(F)(F)C(F)(F)F)c1. The van der Waals surface area contributed by atoms with Gasteiger partial charge in [-0.05, 0) is 24.5 Å². The molecule has 38 heavy (non-hydrogen) atoms. The number of alkyl halides is 17. The lowest BCUT2D eigenvalue weighted by atomic mass is 9.83. The van der Waals surface area contributed by atoms with Crippen LogP contribution in [0.3, 0.4) is 0 Å². The van der Waals surface area contributed by atoms with E-state index in [0.717, 1.165) is 18.2 Å². The number of aryl methyl sites for hydroxylation is 1. The molecule has 1 rings (SSSR count). The first-order chi connectivity index (χ1) is 16.5. The second-order valence-corrected chi connectivity index (χ2v) is 8.55. The molecule has 0 saturated heterocycles. The summed E-state index contributed by atoms with van der Waals surface area (Å²) in [6.45, 7) is 1.90. The van der Waals surface area contributed by atoms with E-state index in [1.807, 2.05) is 0 Å². The van der Waals surface area contributed by atoms with Crippen LogP contribution in [0.5, 0.6) is 0 Å². The number of aliphatic hydroxyl groups is 1. The van der Waals surface area contributed by atoms with Gasteiger partial charge in [0.15, 0.2) is 0 Å². The molecule has 1 aromatic carbocycles. The molecule has 0 bridgehead atoms. The zero-order chi connectivity index (χ0) is 30.6. The molecular formula is C20H17F17O. The topological polar surface area (TPSA) is 20.2 Å². The van der Waals surface area contributed by atoms with Crippen molar-refractivity contribution in [1.29, 1.82) is 0 Å². The molecule has 0 heterocycles. The minimum atomic E-state index is -8.68. The molecule has 0 aliphatic heterocycles. The second kappa shape index (κ2) is 9.57. The van der Waals surface area contributed by atoms with E-state index >= 15 is 0 Å². The van der Waals surface area contributed by atoms with Gasteiger partial charge >= 0.3 is 47.6 Å². The molecule has 0 aliphatic carbocycles. The number of halogens is 17. The van der Waals surface area contributed by atoms with E-state index in [1.165, 1.54) is 6.07 Å². The maximum atomic E-state index is 14.3. The molecule has 1 atom stereocenters. The molecule has 0 aliphatic rings. The Balaban J connectivity index is 3.60. The highest BCUT2D eigenvalue weighted by atomic mass is 19.4. The van der Waals surface area contributed by atoms with Crippen molar-refractivity contribution in [1.82, 2.24) is 0 Å². The van der Waals surface area contributed by atoms with Gasteiger partial charge < -0.3 is 5.11 Å². The molecular weight excluding hydrogens is 579 g/mol. The van der Waals surface area contributed by atoms with Gasteiger partial charge in [-0.2, -0.15) is 74.6 Å². The minimum Gasteiger partial charge on any atom is -0.385 e. The number of hydrogen-bond donors (Lipinski definition) is 1. The summed E-state index contributed by atoms with van der Waals surface area (Å²) in [5.74, 6) is -57.0. The molecule has 1 N–H and O–H groups in total. The predicted octanol–water partition coefficient (Wildman–Crippen LogP) is 8.25. The van der Waals surface area contributed by atoms with Gasteiger partial charge in [0.05, 0.1) is 12.0 Å². The fourth-order valence-electron chi connectivity index (χ4n) is 3.19. The van der Waals surface area contributed by atoms with Crippen LogP contribution in [0.15, 0.2) is 24.3 Å². The van der Waals surface area contributed by atoms with Gasteiger partial charge in [-0.1, -0.05) is 37.6 Å². The van der Waals surface area contributed by atoms with Gasteiger partial charge in [0, 0.05) is 0 Å². The molecule has 1 unspecified atom stereocenters. The number of benzene rings is 1. The summed E-state index contributed by atoms with van der Waals surface area (Å²) in [6, 6.07) is 4.09. The third-order valence-corrected chi connectivity index (χ3v) is 5.44. The Kier molecular flexibility index (Phi) is 8.57. The van der Waals surface area contributed by atoms with Crippen LogP contribution >= 0.6 is 0 Å². The van der Waals surface area contributed by atoms with Gasteiger partial charge in [0.1, 0.15) is 0 Å². The van der Waals surface area contributed by atoms with Crippen molar-refractivity contribution >= 4 is 0 Å². The Morgan fingerprint density at radius 2 is 1.00 bits per heavy atom. The first-order valence-electron chi connectivity index (χ1n) is 10.0. The normalized spacial score (nSPS) is 16.9. The summed E-state index contributed by atoms with van der Waals surface area (Å²) in [5.41, 5.74) is -3.74. The summed E-state index contributed by atoms with van der Waals surface area (Å²) < 4.78 is 228. The molecule has 1 nitrogen and oxygen atoms in total. The van der Waals surface area contributed by atoms with Crippen molar-refractivity contribution in [2.75, 3.05) is 0 Å². The molecule has 0 aromatic heterocycles. The van der Waals surface area contributed by atoms with Crippen LogP contribution in [0.2, 0.25) is 0 Å². The van der Waals surface area contributed by atoms with Crippen LogP contribution in [0.1, 0.15) is 37.8 Å². The van der Waals surface area contributed by atoms with E-state index in [2.05, 4.69) is 0 Å². The summed E-state index contributed by atoms with van der Waals surface area (Å²) in [4.78, 5) is 0. The summed E-state index contributed by atoms with van der Waals surface area (Å²) >= 11 is 0. The van der Waals surface area contributed by atoms with Crippen LogP contribution in [0, 0.1) is 0 Å². The predicted molar refractivity (Wildman–Crippen MR) is 95.3 cm³/mol. The average Bonchev–Trinajstić information content (AvgIpc) is 2.71. The van der Waals surface area contributed by atoms with Gasteiger partial charge in [0.2, 0.25) is 0 Å². The lowest BCUT2D eigenvalue weighted by Crippen LogP contribution is -2.74. The lowest BCUT2D eigenvalue weighted by molar-refractivity contribution is -0.462. The Hall–Kier alpha value is -2.01. The van der Waals surface area contributed by atoms with Gasteiger partial charge in [0.25, 0.3) is 0 Å². The smallest absolute Gasteiger partial charge is 0.385 e. The van der Waals surface area contributed by atoms with Crippen LogP contribution in [0.25, 0.3) is 0 Å². The molecule has 18 heteroatoms. The van der Waals surface area contributed by atoms with Crippen LogP contribution in [-0.4, -0.2) is 52.7 Å². The third-order valence-electron chi connectivity index (χ3n) is 5.44. The first-order valence-corrected chi connectivity index (χ1v) is 10.0. The molecule has 222 valence electrons. The molecule has 0 saturated carbocycles. The Morgan fingerprint density at radius 3 is 1.39 bits per heavy atom. The van der Waals surface area contributed by atoms with Gasteiger partial charge in [-0.25, -0.2) is 0 Å². The highest BCUT2D eigenvalue weighted by molar-refractivity contribution is 5.29. The Labute approximate surface area is 202 Å². The maximum Gasteiger partial charge on any atom is 0.460 e. The zero-order valence-corrected chi connectivity index (χ0v) is 18.8. The fourth-order valence-corrected chi connectivity index (χ4v) is 3.19. The van der Waals surface area contributed by atoms with Crippen molar-refractivity contribution in [2.45, 2.75) is 86.3 Å². The van der Waals surface area contributed by atoms with E-state index in [-0.39, 0.29) is 18.9 Å². The van der Waals surface area contributed by atoms with Crippen molar-refractivity contribution in [3.8, 4) is 0 Å². The largest absolute Gasteiger partial charge is 0.460 e. The fraction of sp³-hybridized carbons (Fsp3) is 0.700. The molecule has 1 aromatic rings. The van der Waals surface area contributed by atoms with Crippen molar-refractivity contribution < 1.29 is 79.7 Å². The van der Waals surface area contributed by atoms with Crippen molar-refractivity contribution in [2.24, 2.45) is 0 Å². The zero-order valence-electron chi connectivity index (χ0n) is 18.8. The second-order valence-electron chi connectivity index (χ2n) is 8.55. The molecule has 0 spiro atoms. The first kappa shape index (κ1) is 34.0. The molecule has 0 amide bonds. The third kappa shape index (κ3) is 5.00. The van der Waals surface area contributed by atoms with E-state index in [1.54, 1.807) is 6.92 Å². The number of hydrogen-bond acceptors (Lipinski definition) is 1.